The molecule has 15 heavy (non-hydrogen) atoms. The third-order valence-electron chi connectivity index (χ3n) is 2.90. The van der Waals surface area contributed by atoms with Gasteiger partial charge in [0, 0.05) is 26.6 Å². The summed E-state index contributed by atoms with van der Waals surface area (Å²) in [7, 11) is 1.64. The maximum Gasteiger partial charge on any atom is 0.219 e. The van der Waals surface area contributed by atoms with Crippen LogP contribution >= 0.6 is 0 Å². The Bertz CT molecular complexity index is 171. The number of hydrogen-bond acceptors (Lipinski definition) is 3. The second kappa shape index (κ2) is 7.65. The molecule has 0 saturated heterocycles. The Morgan fingerprint density at radius 3 is 2.40 bits per heavy atom. The zero-order valence-electron chi connectivity index (χ0n) is 10.1. The normalized spacial score (nSPS) is 11.5. The van der Waals surface area contributed by atoms with Gasteiger partial charge < -0.3 is 15.8 Å². The highest BCUT2D eigenvalue weighted by Crippen LogP contribution is 2.19. The maximum absolute atomic E-state index is 11.0. The molecular formula is C11H24N2O2. The molecule has 0 aliphatic rings. The zero-order chi connectivity index (χ0) is 11.7. The lowest BCUT2D eigenvalue weighted by Gasteiger charge is -2.30. The molecule has 4 heteroatoms. The molecule has 90 valence electrons. The fraction of sp³-hybridized carbons (Fsp3) is 0.909. The molecule has 1 amide bonds. The first-order valence-corrected chi connectivity index (χ1v) is 5.68. The first-order chi connectivity index (χ1) is 7.14. The van der Waals surface area contributed by atoms with Gasteiger partial charge in [0.2, 0.25) is 5.91 Å². The van der Waals surface area contributed by atoms with Crippen LogP contribution in [0.1, 0.15) is 39.5 Å². The lowest BCUT2D eigenvalue weighted by molar-refractivity contribution is -0.121. The van der Waals surface area contributed by atoms with Crippen molar-refractivity contribution in [3.05, 3.63) is 0 Å². The minimum absolute atomic E-state index is 0.0601. The van der Waals surface area contributed by atoms with Crippen molar-refractivity contribution < 1.29 is 9.53 Å². The van der Waals surface area contributed by atoms with Crippen LogP contribution < -0.4 is 11.1 Å². The standard InChI is InChI=1S/C11H24N2O2/c1-4-11(5-2,9-12)15-8-6-7-10(14)13-3/h4-9,12H2,1-3H3,(H,13,14). The lowest BCUT2D eigenvalue weighted by atomic mass is 9.97. The first kappa shape index (κ1) is 14.4. The smallest absolute Gasteiger partial charge is 0.219 e. The van der Waals surface area contributed by atoms with Crippen LogP contribution in [-0.4, -0.2) is 31.7 Å². The van der Waals surface area contributed by atoms with Crippen molar-refractivity contribution in [3.8, 4) is 0 Å². The minimum atomic E-state index is -0.192. The largest absolute Gasteiger partial charge is 0.374 e. The van der Waals surface area contributed by atoms with Crippen molar-refractivity contribution in [2.24, 2.45) is 5.73 Å². The van der Waals surface area contributed by atoms with E-state index in [1.807, 2.05) is 0 Å². The molecule has 0 aliphatic heterocycles. The van der Waals surface area contributed by atoms with Crippen LogP contribution in [0.15, 0.2) is 0 Å². The molecule has 0 atom stereocenters. The van der Waals surface area contributed by atoms with Gasteiger partial charge in [-0.1, -0.05) is 13.8 Å². The summed E-state index contributed by atoms with van der Waals surface area (Å²) < 4.78 is 5.77. The van der Waals surface area contributed by atoms with Crippen molar-refractivity contribution >= 4 is 5.91 Å². The number of carbonyl (C=O) groups excluding carboxylic acids is 1. The molecule has 0 aromatic heterocycles. The predicted molar refractivity (Wildman–Crippen MR) is 61.6 cm³/mol. The third-order valence-corrected chi connectivity index (χ3v) is 2.90. The van der Waals surface area contributed by atoms with E-state index in [0.29, 0.717) is 19.6 Å². The van der Waals surface area contributed by atoms with E-state index in [-0.39, 0.29) is 11.5 Å². The lowest BCUT2D eigenvalue weighted by Crippen LogP contribution is -2.40. The van der Waals surface area contributed by atoms with Crippen molar-refractivity contribution in [1.82, 2.24) is 5.32 Å². The van der Waals surface area contributed by atoms with E-state index in [4.69, 9.17) is 10.5 Å². The van der Waals surface area contributed by atoms with Crippen LogP contribution in [-0.2, 0) is 9.53 Å². The van der Waals surface area contributed by atoms with Gasteiger partial charge in [-0.25, -0.2) is 0 Å². The van der Waals surface area contributed by atoms with Gasteiger partial charge in [-0.05, 0) is 19.3 Å². The highest BCUT2D eigenvalue weighted by Gasteiger charge is 2.24. The van der Waals surface area contributed by atoms with Gasteiger partial charge in [-0.3, -0.25) is 4.79 Å². The van der Waals surface area contributed by atoms with Crippen LogP contribution in [0.2, 0.25) is 0 Å². The molecule has 0 unspecified atom stereocenters. The summed E-state index contributed by atoms with van der Waals surface area (Å²) in [6.45, 7) is 5.30. The number of hydrogen-bond donors (Lipinski definition) is 2. The second-order valence-corrected chi connectivity index (χ2v) is 3.72. The van der Waals surface area contributed by atoms with E-state index in [2.05, 4.69) is 19.2 Å². The van der Waals surface area contributed by atoms with Crippen molar-refractivity contribution in [2.75, 3.05) is 20.2 Å². The number of nitrogens with one attached hydrogen (secondary N) is 1. The van der Waals surface area contributed by atoms with Crippen molar-refractivity contribution in [1.29, 1.82) is 0 Å². The molecule has 0 aromatic carbocycles. The Morgan fingerprint density at radius 2 is 2.00 bits per heavy atom. The van der Waals surface area contributed by atoms with Gasteiger partial charge in [-0.15, -0.1) is 0 Å². The molecule has 0 fully saturated rings. The summed E-state index contributed by atoms with van der Waals surface area (Å²) in [6.07, 6.45) is 3.10. The van der Waals surface area contributed by atoms with E-state index in [9.17, 15) is 4.79 Å². The van der Waals surface area contributed by atoms with Crippen LogP contribution in [0.4, 0.5) is 0 Å². The fourth-order valence-electron chi connectivity index (χ4n) is 1.45. The summed E-state index contributed by atoms with van der Waals surface area (Å²) in [4.78, 5) is 11.0. The topological polar surface area (TPSA) is 64.3 Å². The fourth-order valence-corrected chi connectivity index (χ4v) is 1.45. The highest BCUT2D eigenvalue weighted by atomic mass is 16.5. The summed E-state index contributed by atoms with van der Waals surface area (Å²) in [5, 5.41) is 2.59. The van der Waals surface area contributed by atoms with Crippen molar-refractivity contribution in [3.63, 3.8) is 0 Å². The molecular weight excluding hydrogens is 192 g/mol. The molecule has 0 heterocycles. The van der Waals surface area contributed by atoms with Crippen LogP contribution in [0.3, 0.4) is 0 Å². The van der Waals surface area contributed by atoms with Crippen molar-refractivity contribution in [2.45, 2.75) is 45.1 Å². The number of amides is 1. The second-order valence-electron chi connectivity index (χ2n) is 3.72. The molecule has 0 aromatic rings. The first-order valence-electron chi connectivity index (χ1n) is 5.68. The molecule has 0 radical (unpaired) electrons. The third kappa shape index (κ3) is 5.14. The molecule has 0 saturated carbocycles. The van der Waals surface area contributed by atoms with Crippen LogP contribution in [0.25, 0.3) is 0 Å². The van der Waals surface area contributed by atoms with E-state index in [1.165, 1.54) is 0 Å². The quantitative estimate of drug-likeness (QED) is 0.596. The zero-order valence-corrected chi connectivity index (χ0v) is 10.1. The number of rotatable bonds is 8. The molecule has 4 nitrogen and oxygen atoms in total. The Kier molecular flexibility index (Phi) is 7.34. The Balaban J connectivity index is 3.76. The number of ether oxygens (including phenoxy) is 1. The van der Waals surface area contributed by atoms with Crippen LogP contribution in [0.5, 0.6) is 0 Å². The minimum Gasteiger partial charge on any atom is -0.374 e. The average Bonchev–Trinajstić information content (AvgIpc) is 2.30. The Morgan fingerprint density at radius 1 is 1.40 bits per heavy atom. The Hall–Kier alpha value is -0.610. The summed E-state index contributed by atoms with van der Waals surface area (Å²) in [6, 6.07) is 0. The van der Waals surface area contributed by atoms with E-state index in [1.54, 1.807) is 7.05 Å². The Labute approximate surface area is 92.6 Å². The van der Waals surface area contributed by atoms with Crippen LogP contribution in [0, 0.1) is 0 Å². The molecule has 0 rings (SSSR count). The monoisotopic (exact) mass is 216 g/mol. The number of nitrogens with two attached hydrogens (primary N) is 1. The van der Waals surface area contributed by atoms with Gasteiger partial charge in [-0.2, -0.15) is 0 Å². The summed E-state index contributed by atoms with van der Waals surface area (Å²) >= 11 is 0. The predicted octanol–water partition coefficient (Wildman–Crippen LogP) is 1.05. The van der Waals surface area contributed by atoms with E-state index in [0.717, 1.165) is 19.3 Å². The summed E-state index contributed by atoms with van der Waals surface area (Å²) in [5.74, 6) is 0.0601. The molecule has 0 spiro atoms. The van der Waals surface area contributed by atoms with Gasteiger partial charge in [0.15, 0.2) is 0 Å². The van der Waals surface area contributed by atoms with E-state index >= 15 is 0 Å². The SMILES string of the molecule is CCC(CC)(CN)OCCCC(=O)NC. The van der Waals surface area contributed by atoms with E-state index < -0.39 is 0 Å². The van der Waals surface area contributed by atoms with Gasteiger partial charge >= 0.3 is 0 Å². The number of carbonyl (C=O) groups is 1. The van der Waals surface area contributed by atoms with Gasteiger partial charge in [0.25, 0.3) is 0 Å². The highest BCUT2D eigenvalue weighted by molar-refractivity contribution is 5.75. The molecule has 0 bridgehead atoms. The molecule has 3 N–H and O–H groups in total. The molecule has 0 aliphatic carbocycles. The van der Waals surface area contributed by atoms with Gasteiger partial charge in [0.1, 0.15) is 0 Å². The van der Waals surface area contributed by atoms with Gasteiger partial charge in [0.05, 0.1) is 5.60 Å². The maximum atomic E-state index is 11.0. The average molecular weight is 216 g/mol. The summed E-state index contributed by atoms with van der Waals surface area (Å²) in [5.41, 5.74) is 5.50.